The van der Waals surface area contributed by atoms with E-state index in [1.807, 2.05) is 18.2 Å². The highest BCUT2D eigenvalue weighted by molar-refractivity contribution is 5.54. The minimum absolute atomic E-state index is 0.0100. The molecule has 0 aliphatic rings. The molecule has 0 saturated carbocycles. The molecule has 0 heterocycles. The molecule has 0 aliphatic heterocycles. The monoisotopic (exact) mass is 350 g/mol. The van der Waals surface area contributed by atoms with Crippen LogP contribution in [0.2, 0.25) is 0 Å². The van der Waals surface area contributed by atoms with E-state index in [2.05, 4.69) is 0 Å². The Morgan fingerprint density at radius 3 is 2.00 bits per heavy atom. The van der Waals surface area contributed by atoms with Gasteiger partial charge in [-0.25, -0.2) is 4.39 Å². The van der Waals surface area contributed by atoms with Gasteiger partial charge in [0.15, 0.2) is 23.0 Å². The van der Waals surface area contributed by atoms with E-state index < -0.39 is 6.67 Å². The van der Waals surface area contributed by atoms with Crippen LogP contribution in [0.15, 0.2) is 30.3 Å². The minimum atomic E-state index is -0.595. The first-order valence-corrected chi connectivity index (χ1v) is 7.92. The van der Waals surface area contributed by atoms with Crippen molar-refractivity contribution in [1.82, 2.24) is 0 Å². The number of halogens is 1. The maximum absolute atomic E-state index is 12.1. The van der Waals surface area contributed by atoms with Crippen LogP contribution >= 0.6 is 0 Å². The fraction of sp³-hybridized carbons (Fsp3) is 0.368. The maximum atomic E-state index is 12.1. The summed E-state index contributed by atoms with van der Waals surface area (Å²) in [4.78, 5) is 0. The van der Waals surface area contributed by atoms with Gasteiger partial charge in [-0.15, -0.1) is 0 Å². The predicted octanol–water partition coefficient (Wildman–Crippen LogP) is 3.55. The summed E-state index contributed by atoms with van der Waals surface area (Å²) in [6, 6.07) is 8.94. The molecule has 0 unspecified atom stereocenters. The van der Waals surface area contributed by atoms with Gasteiger partial charge in [0.2, 0.25) is 5.75 Å². The molecule has 136 valence electrons. The molecule has 5 nitrogen and oxygen atoms in total. The average molecular weight is 350 g/mol. The highest BCUT2D eigenvalue weighted by Crippen LogP contribution is 2.38. The Kier molecular flexibility index (Phi) is 6.74. The zero-order valence-electron chi connectivity index (χ0n) is 14.7. The Hall–Kier alpha value is -2.63. The number of hydrogen-bond acceptors (Lipinski definition) is 5. The number of aryl methyl sites for hydroxylation is 2. The summed E-state index contributed by atoms with van der Waals surface area (Å²) in [7, 11) is 4.72. The van der Waals surface area contributed by atoms with E-state index in [1.165, 1.54) is 0 Å². The molecule has 2 aromatic rings. The van der Waals surface area contributed by atoms with E-state index in [1.54, 1.807) is 33.5 Å². The number of hydrogen-bond donors (Lipinski definition) is 1. The number of methoxy groups -OCH3 is 3. The van der Waals surface area contributed by atoms with Crippen LogP contribution in [-0.4, -0.2) is 39.7 Å². The third-order valence-corrected chi connectivity index (χ3v) is 3.78. The molecular weight excluding hydrogens is 327 g/mol. The summed E-state index contributed by atoms with van der Waals surface area (Å²) in [6.45, 7) is -0.666. The average Bonchev–Trinajstić information content (AvgIpc) is 2.64. The molecule has 0 atom stereocenters. The summed E-state index contributed by atoms with van der Waals surface area (Å²) in [6.07, 6.45) is 1.43. The van der Waals surface area contributed by atoms with Crippen LogP contribution in [0.25, 0.3) is 0 Å². The van der Waals surface area contributed by atoms with Crippen molar-refractivity contribution in [3.63, 3.8) is 0 Å². The number of rotatable bonds is 9. The third kappa shape index (κ3) is 4.68. The standard InChI is InChI=1S/C19H23FO5/c1-22-17-11-14(12-18(23-2)19(17)24-3)5-4-13-6-7-16(15(21)10-13)25-9-8-20/h6-7,10-12,21H,4-5,8-9H2,1-3H3. The van der Waals surface area contributed by atoms with E-state index in [-0.39, 0.29) is 18.1 Å². The van der Waals surface area contributed by atoms with E-state index in [4.69, 9.17) is 18.9 Å². The van der Waals surface area contributed by atoms with Gasteiger partial charge in [0, 0.05) is 0 Å². The lowest BCUT2D eigenvalue weighted by atomic mass is 10.0. The van der Waals surface area contributed by atoms with E-state index in [0.717, 1.165) is 17.5 Å². The largest absolute Gasteiger partial charge is 0.504 e. The zero-order chi connectivity index (χ0) is 18.2. The number of alkyl halides is 1. The lowest BCUT2D eigenvalue weighted by Crippen LogP contribution is -2.00. The van der Waals surface area contributed by atoms with Crippen molar-refractivity contribution in [2.45, 2.75) is 12.8 Å². The Bertz CT molecular complexity index is 677. The second-order valence-electron chi connectivity index (χ2n) is 5.37. The van der Waals surface area contributed by atoms with Gasteiger partial charge in [0.25, 0.3) is 0 Å². The third-order valence-electron chi connectivity index (χ3n) is 3.78. The number of phenols is 1. The van der Waals surface area contributed by atoms with Crippen LogP contribution in [-0.2, 0) is 12.8 Å². The molecule has 2 rings (SSSR count). The number of benzene rings is 2. The van der Waals surface area contributed by atoms with Gasteiger partial charge in [-0.2, -0.15) is 0 Å². The van der Waals surface area contributed by atoms with Crippen LogP contribution in [0, 0.1) is 0 Å². The Morgan fingerprint density at radius 1 is 0.840 bits per heavy atom. The number of phenolic OH excluding ortho intramolecular Hbond substituents is 1. The van der Waals surface area contributed by atoms with Crippen LogP contribution in [0.5, 0.6) is 28.7 Å². The van der Waals surface area contributed by atoms with Crippen molar-refractivity contribution in [1.29, 1.82) is 0 Å². The smallest absolute Gasteiger partial charge is 0.203 e. The fourth-order valence-corrected chi connectivity index (χ4v) is 2.56. The highest BCUT2D eigenvalue weighted by atomic mass is 19.1. The minimum Gasteiger partial charge on any atom is -0.504 e. The molecule has 6 heteroatoms. The molecule has 0 amide bonds. The molecule has 0 fully saturated rings. The molecule has 0 aliphatic carbocycles. The second kappa shape index (κ2) is 9.01. The molecule has 25 heavy (non-hydrogen) atoms. The Balaban J connectivity index is 2.12. The maximum Gasteiger partial charge on any atom is 0.203 e. The van der Waals surface area contributed by atoms with Crippen LogP contribution < -0.4 is 18.9 Å². The highest BCUT2D eigenvalue weighted by Gasteiger charge is 2.13. The topological polar surface area (TPSA) is 57.2 Å². The molecule has 0 saturated heterocycles. The summed E-state index contributed by atoms with van der Waals surface area (Å²) in [5.41, 5.74) is 1.96. The van der Waals surface area contributed by atoms with Gasteiger partial charge in [-0.1, -0.05) is 6.07 Å². The SMILES string of the molecule is COc1cc(CCc2ccc(OCCF)c(O)c2)cc(OC)c1OC. The van der Waals surface area contributed by atoms with Gasteiger partial charge < -0.3 is 24.1 Å². The first kappa shape index (κ1) is 18.7. The zero-order valence-corrected chi connectivity index (χ0v) is 14.7. The Labute approximate surface area is 146 Å². The Morgan fingerprint density at radius 2 is 1.48 bits per heavy atom. The summed E-state index contributed by atoms with van der Waals surface area (Å²) in [5.74, 6) is 2.06. The van der Waals surface area contributed by atoms with Crippen molar-refractivity contribution in [3.05, 3.63) is 41.5 Å². The van der Waals surface area contributed by atoms with Crippen LogP contribution in [0.4, 0.5) is 4.39 Å². The van der Waals surface area contributed by atoms with Crippen molar-refractivity contribution < 1.29 is 28.4 Å². The fourth-order valence-electron chi connectivity index (χ4n) is 2.56. The van der Waals surface area contributed by atoms with Gasteiger partial charge in [-0.05, 0) is 48.2 Å². The molecule has 0 bridgehead atoms. The molecule has 0 aromatic heterocycles. The first-order chi connectivity index (χ1) is 12.1. The van der Waals surface area contributed by atoms with E-state index >= 15 is 0 Å². The number of ether oxygens (including phenoxy) is 4. The van der Waals surface area contributed by atoms with Crippen LogP contribution in [0.3, 0.4) is 0 Å². The first-order valence-electron chi connectivity index (χ1n) is 7.92. The van der Waals surface area contributed by atoms with Gasteiger partial charge in [0.05, 0.1) is 21.3 Å². The van der Waals surface area contributed by atoms with Gasteiger partial charge in [-0.3, -0.25) is 0 Å². The number of aromatic hydroxyl groups is 1. The summed E-state index contributed by atoms with van der Waals surface area (Å²) < 4.78 is 33.3. The molecule has 2 aromatic carbocycles. The van der Waals surface area contributed by atoms with Crippen LogP contribution in [0.1, 0.15) is 11.1 Å². The van der Waals surface area contributed by atoms with Crippen molar-refractivity contribution in [3.8, 4) is 28.7 Å². The summed E-state index contributed by atoms with van der Waals surface area (Å²) >= 11 is 0. The van der Waals surface area contributed by atoms with E-state index in [9.17, 15) is 9.50 Å². The molecule has 1 N–H and O–H groups in total. The summed E-state index contributed by atoms with van der Waals surface area (Å²) in [5, 5.41) is 9.94. The molecular formula is C19H23FO5. The lowest BCUT2D eigenvalue weighted by Gasteiger charge is -2.14. The second-order valence-corrected chi connectivity index (χ2v) is 5.37. The predicted molar refractivity (Wildman–Crippen MR) is 93.1 cm³/mol. The van der Waals surface area contributed by atoms with Crippen molar-refractivity contribution >= 4 is 0 Å². The van der Waals surface area contributed by atoms with Gasteiger partial charge in [0.1, 0.15) is 13.3 Å². The lowest BCUT2D eigenvalue weighted by molar-refractivity contribution is 0.262. The van der Waals surface area contributed by atoms with Crippen molar-refractivity contribution in [2.75, 3.05) is 34.6 Å². The van der Waals surface area contributed by atoms with E-state index in [0.29, 0.717) is 23.7 Å². The molecule has 0 radical (unpaired) electrons. The normalized spacial score (nSPS) is 10.4. The van der Waals surface area contributed by atoms with Crippen molar-refractivity contribution in [2.24, 2.45) is 0 Å². The van der Waals surface area contributed by atoms with Gasteiger partial charge >= 0.3 is 0 Å². The quantitative estimate of drug-likeness (QED) is 0.749. The molecule has 0 spiro atoms.